The van der Waals surface area contributed by atoms with Crippen LogP contribution >= 0.6 is 0 Å². The van der Waals surface area contributed by atoms with Crippen molar-refractivity contribution in [2.24, 2.45) is 0 Å². The summed E-state index contributed by atoms with van der Waals surface area (Å²) in [4.78, 5) is 6.37. The zero-order valence-electron chi connectivity index (χ0n) is 5.84. The first-order valence-corrected chi connectivity index (χ1v) is 3.04. The van der Waals surface area contributed by atoms with E-state index in [-0.39, 0.29) is 12.5 Å². The summed E-state index contributed by atoms with van der Waals surface area (Å²) in [6, 6.07) is 0. The van der Waals surface area contributed by atoms with E-state index in [1.807, 2.05) is 0 Å². The van der Waals surface area contributed by atoms with Crippen LogP contribution in [0.2, 0.25) is 0 Å². The molecule has 3 nitrogen and oxygen atoms in total. The minimum absolute atomic E-state index is 0.243. The number of ether oxygens (including phenoxy) is 1. The fraction of sp³-hybridized carbons (Fsp3) is 0.333. The zero-order chi connectivity index (χ0) is 8.27. The van der Waals surface area contributed by atoms with Gasteiger partial charge in [-0.25, -0.2) is 4.98 Å². The Morgan fingerprint density at radius 2 is 2.18 bits per heavy atom. The van der Waals surface area contributed by atoms with Crippen molar-refractivity contribution < 1.29 is 13.5 Å². The Bertz CT molecular complexity index is 254. The third kappa shape index (κ3) is 1.60. The number of hydrogen-bond donors (Lipinski definition) is 0. The maximum absolute atomic E-state index is 12.6. The van der Waals surface area contributed by atoms with Gasteiger partial charge in [0.05, 0.1) is 6.61 Å². The van der Waals surface area contributed by atoms with Crippen LogP contribution in [0.5, 0.6) is 5.88 Å². The van der Waals surface area contributed by atoms with Crippen LogP contribution in [0.3, 0.4) is 0 Å². The van der Waals surface area contributed by atoms with Gasteiger partial charge in [0.25, 0.3) is 11.8 Å². The average Bonchev–Trinajstić information content (AvgIpc) is 1.99. The highest BCUT2D eigenvalue weighted by Crippen LogP contribution is 2.12. The van der Waals surface area contributed by atoms with E-state index in [1.165, 1.54) is 0 Å². The molecule has 0 aliphatic carbocycles. The molecule has 1 aromatic rings. The van der Waals surface area contributed by atoms with Crippen LogP contribution in [0.1, 0.15) is 6.92 Å². The molecule has 0 bridgehead atoms. The van der Waals surface area contributed by atoms with Gasteiger partial charge in [-0.2, -0.15) is 13.8 Å². The van der Waals surface area contributed by atoms with Crippen molar-refractivity contribution in [2.75, 3.05) is 6.61 Å². The average molecular weight is 160 g/mol. The van der Waals surface area contributed by atoms with Gasteiger partial charge in [-0.05, 0) is 6.92 Å². The highest BCUT2D eigenvalue weighted by molar-refractivity contribution is 5.09. The van der Waals surface area contributed by atoms with Crippen molar-refractivity contribution >= 4 is 0 Å². The van der Waals surface area contributed by atoms with Gasteiger partial charge >= 0.3 is 0 Å². The van der Waals surface area contributed by atoms with Crippen LogP contribution in [0.4, 0.5) is 8.78 Å². The first kappa shape index (κ1) is 7.84. The Balaban J connectivity index is 2.96. The molecule has 11 heavy (non-hydrogen) atoms. The molecular formula is C6H6F2N2O. The van der Waals surface area contributed by atoms with Crippen molar-refractivity contribution in [1.82, 2.24) is 9.97 Å². The van der Waals surface area contributed by atoms with Gasteiger partial charge in [0.2, 0.25) is 5.82 Å². The Hall–Kier alpha value is -1.26. The second-order valence-electron chi connectivity index (χ2n) is 1.72. The second kappa shape index (κ2) is 3.23. The largest absolute Gasteiger partial charge is 0.476 e. The first-order chi connectivity index (χ1) is 5.25. The summed E-state index contributed by atoms with van der Waals surface area (Å²) in [5.41, 5.74) is 0. The van der Waals surface area contributed by atoms with E-state index in [9.17, 15) is 8.78 Å². The van der Waals surface area contributed by atoms with Crippen LogP contribution in [-0.2, 0) is 0 Å². The van der Waals surface area contributed by atoms with Gasteiger partial charge in [-0.1, -0.05) is 0 Å². The molecule has 0 saturated carbocycles. The molecule has 0 spiro atoms. The van der Waals surface area contributed by atoms with E-state index in [2.05, 4.69) is 14.7 Å². The summed E-state index contributed by atoms with van der Waals surface area (Å²) in [7, 11) is 0. The quantitative estimate of drug-likeness (QED) is 0.609. The molecule has 5 heteroatoms. The third-order valence-corrected chi connectivity index (χ3v) is 0.996. The Morgan fingerprint density at radius 3 is 2.82 bits per heavy atom. The fourth-order valence-electron chi connectivity index (χ4n) is 0.571. The standard InChI is InChI=1S/C6H6F2N2O/c1-2-11-6-4(7)5(8)9-3-10-6/h3H,2H2,1H3. The smallest absolute Gasteiger partial charge is 0.256 e. The van der Waals surface area contributed by atoms with Gasteiger partial charge in [-0.3, -0.25) is 0 Å². The lowest BCUT2D eigenvalue weighted by molar-refractivity contribution is 0.295. The molecule has 0 aromatic carbocycles. The lowest BCUT2D eigenvalue weighted by Crippen LogP contribution is -2.00. The number of rotatable bonds is 2. The Labute approximate surface area is 62.0 Å². The molecular weight excluding hydrogens is 154 g/mol. The lowest BCUT2D eigenvalue weighted by atomic mass is 10.6. The summed E-state index contributed by atoms with van der Waals surface area (Å²) in [5, 5.41) is 0. The molecule has 60 valence electrons. The van der Waals surface area contributed by atoms with Crippen LogP contribution in [0, 0.1) is 11.8 Å². The number of hydrogen-bond acceptors (Lipinski definition) is 3. The lowest BCUT2D eigenvalue weighted by Gasteiger charge is -2.00. The molecule has 0 amide bonds. The number of halogens is 2. The molecule has 0 N–H and O–H groups in total. The molecule has 1 aromatic heterocycles. The van der Waals surface area contributed by atoms with Crippen LogP contribution in [-0.4, -0.2) is 16.6 Å². The molecule has 0 atom stereocenters. The monoisotopic (exact) mass is 160 g/mol. The van der Waals surface area contributed by atoms with Crippen LogP contribution < -0.4 is 4.74 Å². The number of aromatic nitrogens is 2. The number of nitrogens with zero attached hydrogens (tertiary/aromatic N) is 2. The van der Waals surface area contributed by atoms with Crippen molar-refractivity contribution in [3.8, 4) is 5.88 Å². The Kier molecular flexibility index (Phi) is 2.30. The Morgan fingerprint density at radius 1 is 1.45 bits per heavy atom. The van der Waals surface area contributed by atoms with E-state index < -0.39 is 11.8 Å². The minimum Gasteiger partial charge on any atom is -0.476 e. The van der Waals surface area contributed by atoms with Gasteiger partial charge < -0.3 is 4.74 Å². The minimum atomic E-state index is -1.19. The molecule has 0 saturated heterocycles. The summed E-state index contributed by atoms with van der Waals surface area (Å²) in [6.45, 7) is 1.90. The normalized spacial score (nSPS) is 9.73. The third-order valence-electron chi connectivity index (χ3n) is 0.996. The molecule has 0 unspecified atom stereocenters. The maximum atomic E-state index is 12.6. The molecule has 0 aliphatic rings. The summed E-state index contributed by atoms with van der Waals surface area (Å²) < 4.78 is 29.5. The van der Waals surface area contributed by atoms with Crippen molar-refractivity contribution in [2.45, 2.75) is 6.92 Å². The highest BCUT2D eigenvalue weighted by atomic mass is 19.2. The van der Waals surface area contributed by atoms with Gasteiger partial charge in [0.15, 0.2) is 0 Å². The predicted octanol–water partition coefficient (Wildman–Crippen LogP) is 1.15. The SMILES string of the molecule is CCOc1ncnc(F)c1F. The summed E-state index contributed by atoms with van der Waals surface area (Å²) in [6.07, 6.45) is 0.906. The first-order valence-electron chi connectivity index (χ1n) is 3.04. The summed E-state index contributed by atoms with van der Waals surface area (Å²) >= 11 is 0. The van der Waals surface area contributed by atoms with Crippen molar-refractivity contribution in [3.63, 3.8) is 0 Å². The predicted molar refractivity (Wildman–Crippen MR) is 33.1 cm³/mol. The van der Waals surface area contributed by atoms with Gasteiger partial charge in [-0.15, -0.1) is 0 Å². The van der Waals surface area contributed by atoms with Gasteiger partial charge in [0, 0.05) is 0 Å². The molecule has 1 rings (SSSR count). The van der Waals surface area contributed by atoms with Gasteiger partial charge in [0.1, 0.15) is 6.33 Å². The molecule has 0 radical (unpaired) electrons. The van der Waals surface area contributed by atoms with E-state index in [0.29, 0.717) is 0 Å². The van der Waals surface area contributed by atoms with E-state index in [0.717, 1.165) is 6.33 Å². The molecule has 0 aliphatic heterocycles. The second-order valence-corrected chi connectivity index (χ2v) is 1.72. The topological polar surface area (TPSA) is 35.0 Å². The van der Waals surface area contributed by atoms with E-state index in [4.69, 9.17) is 0 Å². The summed E-state index contributed by atoms with van der Waals surface area (Å²) in [5.74, 6) is -2.68. The van der Waals surface area contributed by atoms with Crippen LogP contribution in [0.25, 0.3) is 0 Å². The zero-order valence-corrected chi connectivity index (χ0v) is 5.84. The van der Waals surface area contributed by atoms with Crippen LogP contribution in [0.15, 0.2) is 6.33 Å². The van der Waals surface area contributed by atoms with E-state index in [1.54, 1.807) is 6.92 Å². The van der Waals surface area contributed by atoms with Crippen molar-refractivity contribution in [3.05, 3.63) is 18.1 Å². The fourth-order valence-corrected chi connectivity index (χ4v) is 0.571. The molecule has 0 fully saturated rings. The maximum Gasteiger partial charge on any atom is 0.256 e. The van der Waals surface area contributed by atoms with Crippen molar-refractivity contribution in [1.29, 1.82) is 0 Å². The highest BCUT2D eigenvalue weighted by Gasteiger charge is 2.10. The molecule has 1 heterocycles. The van der Waals surface area contributed by atoms with E-state index >= 15 is 0 Å².